The quantitative estimate of drug-likeness (QED) is 0.683. The number of hydrogen-bond donors (Lipinski definition) is 1. The van der Waals surface area contributed by atoms with Gasteiger partial charge in [-0.15, -0.1) is 0 Å². The van der Waals surface area contributed by atoms with Crippen LogP contribution in [0, 0.1) is 5.41 Å². The average molecular weight is 222 g/mol. The highest BCUT2D eigenvalue weighted by Gasteiger charge is 2.38. The van der Waals surface area contributed by atoms with Crippen LogP contribution in [0.25, 0.3) is 0 Å². The van der Waals surface area contributed by atoms with Crippen molar-refractivity contribution < 1.29 is 4.79 Å². The lowest BCUT2D eigenvalue weighted by atomic mass is 9.77. The Morgan fingerprint density at radius 3 is 2.88 bits per heavy atom. The number of amides is 1. The van der Waals surface area contributed by atoms with Gasteiger partial charge in [0.2, 0.25) is 5.91 Å². The highest BCUT2D eigenvalue weighted by Crippen LogP contribution is 2.31. The molecule has 3 nitrogen and oxygen atoms in total. The van der Waals surface area contributed by atoms with Crippen molar-refractivity contribution in [3.05, 3.63) is 12.2 Å². The molecule has 0 aromatic heterocycles. The Hall–Kier alpha value is -0.830. The van der Waals surface area contributed by atoms with E-state index in [1.807, 2.05) is 4.90 Å². The largest absolute Gasteiger partial charge is 0.337 e. The number of piperidine rings is 1. The third-order valence-corrected chi connectivity index (χ3v) is 3.74. The van der Waals surface area contributed by atoms with Gasteiger partial charge in [0.1, 0.15) is 0 Å². The van der Waals surface area contributed by atoms with E-state index in [0.717, 1.165) is 32.5 Å². The first kappa shape index (κ1) is 11.6. The second-order valence-electron chi connectivity index (χ2n) is 5.52. The summed E-state index contributed by atoms with van der Waals surface area (Å²) in [6.45, 7) is 7.03. The van der Waals surface area contributed by atoms with E-state index in [9.17, 15) is 4.79 Å². The summed E-state index contributed by atoms with van der Waals surface area (Å²) in [6, 6.07) is 0.00718. The molecule has 0 saturated carbocycles. The lowest BCUT2D eigenvalue weighted by Gasteiger charge is -2.41. The molecule has 1 saturated heterocycles. The first-order chi connectivity index (χ1) is 7.61. The lowest BCUT2D eigenvalue weighted by molar-refractivity contribution is -0.137. The van der Waals surface area contributed by atoms with E-state index in [2.05, 4.69) is 31.3 Å². The van der Waals surface area contributed by atoms with E-state index in [-0.39, 0.29) is 17.4 Å². The molecule has 0 spiro atoms. The Balaban J connectivity index is 2.05. The molecule has 1 fully saturated rings. The van der Waals surface area contributed by atoms with E-state index < -0.39 is 0 Å². The first-order valence-corrected chi connectivity index (χ1v) is 6.28. The number of nitrogens with zero attached hydrogens (tertiary/aromatic N) is 1. The van der Waals surface area contributed by atoms with Gasteiger partial charge in [0, 0.05) is 13.1 Å². The summed E-state index contributed by atoms with van der Waals surface area (Å²) in [5.74, 6) is 0.286. The predicted molar refractivity (Wildman–Crippen MR) is 65.1 cm³/mol. The van der Waals surface area contributed by atoms with Crippen LogP contribution < -0.4 is 5.32 Å². The molecular weight excluding hydrogens is 200 g/mol. The molecule has 0 aliphatic carbocycles. The van der Waals surface area contributed by atoms with E-state index in [0.29, 0.717) is 0 Å². The van der Waals surface area contributed by atoms with Crippen molar-refractivity contribution in [2.45, 2.75) is 39.2 Å². The standard InChI is InChI=1S/C13H22N2O/c1-13(2)7-6-8-14-11(13)12(16)15-9-4-3-5-10-15/h3-4,11,14H,5-10H2,1-2H3. The average Bonchev–Trinajstić information content (AvgIpc) is 2.29. The molecule has 2 rings (SSSR count). The van der Waals surface area contributed by atoms with Gasteiger partial charge < -0.3 is 10.2 Å². The van der Waals surface area contributed by atoms with Crippen LogP contribution in [0.4, 0.5) is 0 Å². The van der Waals surface area contributed by atoms with Crippen LogP contribution in [0.3, 0.4) is 0 Å². The van der Waals surface area contributed by atoms with Gasteiger partial charge in [-0.25, -0.2) is 0 Å². The number of nitrogens with one attached hydrogen (secondary N) is 1. The molecule has 16 heavy (non-hydrogen) atoms. The van der Waals surface area contributed by atoms with Crippen molar-refractivity contribution in [2.75, 3.05) is 19.6 Å². The fourth-order valence-corrected chi connectivity index (χ4v) is 2.66. The molecule has 1 unspecified atom stereocenters. The zero-order valence-electron chi connectivity index (χ0n) is 10.3. The van der Waals surface area contributed by atoms with E-state index in [1.54, 1.807) is 0 Å². The first-order valence-electron chi connectivity index (χ1n) is 6.28. The van der Waals surface area contributed by atoms with Gasteiger partial charge in [0.15, 0.2) is 0 Å². The van der Waals surface area contributed by atoms with Gasteiger partial charge >= 0.3 is 0 Å². The molecule has 2 aliphatic rings. The molecule has 0 radical (unpaired) electrons. The maximum atomic E-state index is 12.4. The van der Waals surface area contributed by atoms with Gasteiger partial charge in [0.25, 0.3) is 0 Å². The number of carbonyl (C=O) groups excluding carboxylic acids is 1. The fourth-order valence-electron chi connectivity index (χ4n) is 2.66. The Kier molecular flexibility index (Phi) is 3.33. The second-order valence-corrected chi connectivity index (χ2v) is 5.52. The molecule has 2 heterocycles. The Bertz CT molecular complexity index is 296. The minimum atomic E-state index is 0.00718. The van der Waals surface area contributed by atoms with Gasteiger partial charge in [-0.1, -0.05) is 26.0 Å². The molecule has 1 atom stereocenters. The second kappa shape index (κ2) is 4.58. The normalized spacial score (nSPS) is 29.1. The van der Waals surface area contributed by atoms with Crippen LogP contribution in [-0.2, 0) is 4.79 Å². The molecule has 2 aliphatic heterocycles. The van der Waals surface area contributed by atoms with Crippen LogP contribution >= 0.6 is 0 Å². The Labute approximate surface area is 97.9 Å². The third-order valence-electron chi connectivity index (χ3n) is 3.74. The molecular formula is C13H22N2O. The number of rotatable bonds is 1. The molecule has 1 amide bonds. The van der Waals surface area contributed by atoms with Crippen LogP contribution in [-0.4, -0.2) is 36.5 Å². The maximum Gasteiger partial charge on any atom is 0.240 e. The zero-order chi connectivity index (χ0) is 11.6. The van der Waals surface area contributed by atoms with E-state index >= 15 is 0 Å². The molecule has 1 N–H and O–H groups in total. The van der Waals surface area contributed by atoms with Gasteiger partial charge in [-0.2, -0.15) is 0 Å². The summed E-state index contributed by atoms with van der Waals surface area (Å²) in [5, 5.41) is 3.39. The number of carbonyl (C=O) groups is 1. The van der Waals surface area contributed by atoms with Crippen LogP contribution in [0.2, 0.25) is 0 Å². The zero-order valence-corrected chi connectivity index (χ0v) is 10.3. The minimum absolute atomic E-state index is 0.00718. The lowest BCUT2D eigenvalue weighted by Crippen LogP contribution is -2.57. The van der Waals surface area contributed by atoms with Crippen molar-refractivity contribution in [1.29, 1.82) is 0 Å². The summed E-state index contributed by atoms with van der Waals surface area (Å²) in [6.07, 6.45) is 7.57. The number of hydrogen-bond acceptors (Lipinski definition) is 2. The summed E-state index contributed by atoms with van der Waals surface area (Å²) in [7, 11) is 0. The van der Waals surface area contributed by atoms with Crippen LogP contribution in [0.15, 0.2) is 12.2 Å². The molecule has 0 aromatic carbocycles. The summed E-state index contributed by atoms with van der Waals surface area (Å²) in [5.41, 5.74) is 0.0937. The van der Waals surface area contributed by atoms with Crippen molar-refractivity contribution in [3.63, 3.8) is 0 Å². The highest BCUT2D eigenvalue weighted by molar-refractivity contribution is 5.83. The van der Waals surface area contributed by atoms with Crippen molar-refractivity contribution in [2.24, 2.45) is 5.41 Å². The van der Waals surface area contributed by atoms with Gasteiger partial charge in [-0.3, -0.25) is 4.79 Å². The van der Waals surface area contributed by atoms with E-state index in [4.69, 9.17) is 0 Å². The van der Waals surface area contributed by atoms with E-state index in [1.165, 1.54) is 6.42 Å². The van der Waals surface area contributed by atoms with Crippen molar-refractivity contribution in [1.82, 2.24) is 10.2 Å². The molecule has 3 heteroatoms. The Morgan fingerprint density at radius 1 is 1.44 bits per heavy atom. The Morgan fingerprint density at radius 2 is 2.25 bits per heavy atom. The predicted octanol–water partition coefficient (Wildman–Crippen LogP) is 1.55. The minimum Gasteiger partial charge on any atom is -0.337 e. The fraction of sp³-hybridized carbons (Fsp3) is 0.769. The van der Waals surface area contributed by atoms with Crippen molar-refractivity contribution in [3.8, 4) is 0 Å². The molecule has 90 valence electrons. The maximum absolute atomic E-state index is 12.4. The third kappa shape index (κ3) is 2.29. The van der Waals surface area contributed by atoms with Gasteiger partial charge in [0.05, 0.1) is 6.04 Å². The molecule has 0 aromatic rings. The summed E-state index contributed by atoms with van der Waals surface area (Å²) < 4.78 is 0. The van der Waals surface area contributed by atoms with Crippen LogP contribution in [0.5, 0.6) is 0 Å². The summed E-state index contributed by atoms with van der Waals surface area (Å²) >= 11 is 0. The monoisotopic (exact) mass is 222 g/mol. The topological polar surface area (TPSA) is 32.3 Å². The van der Waals surface area contributed by atoms with Crippen LogP contribution in [0.1, 0.15) is 33.1 Å². The SMILES string of the molecule is CC1(C)CCCNC1C(=O)N1CC=CCC1. The van der Waals surface area contributed by atoms with Gasteiger partial charge in [-0.05, 0) is 31.2 Å². The smallest absolute Gasteiger partial charge is 0.240 e. The molecule has 0 bridgehead atoms. The highest BCUT2D eigenvalue weighted by atomic mass is 16.2. The summed E-state index contributed by atoms with van der Waals surface area (Å²) in [4.78, 5) is 14.4. The van der Waals surface area contributed by atoms with Crippen molar-refractivity contribution >= 4 is 5.91 Å².